The van der Waals surface area contributed by atoms with E-state index in [9.17, 15) is 9.59 Å². The molecule has 0 aliphatic carbocycles. The van der Waals surface area contributed by atoms with Crippen LogP contribution in [0.15, 0.2) is 27.6 Å². The maximum Gasteiger partial charge on any atom is 0.251 e. The van der Waals surface area contributed by atoms with Crippen molar-refractivity contribution in [3.8, 4) is 0 Å². The molecule has 3 N–H and O–H groups in total. The summed E-state index contributed by atoms with van der Waals surface area (Å²) in [5, 5.41) is 2.90. The van der Waals surface area contributed by atoms with Gasteiger partial charge in [-0.25, -0.2) is 0 Å². The van der Waals surface area contributed by atoms with E-state index >= 15 is 0 Å². The highest BCUT2D eigenvalue weighted by atomic mass is 79.9. The summed E-state index contributed by atoms with van der Waals surface area (Å²) in [6, 6.07) is 3.07. The number of carbonyl (C=O) groups excluding carboxylic acids is 1. The number of aromatic nitrogens is 1. The molecule has 0 aliphatic rings. The highest BCUT2D eigenvalue weighted by molar-refractivity contribution is 9.10. The van der Waals surface area contributed by atoms with Gasteiger partial charge >= 0.3 is 0 Å². The Bertz CT molecular complexity index is 519. The molecule has 1 rings (SSSR count). The highest BCUT2D eigenvalue weighted by Crippen LogP contribution is 2.14. The van der Waals surface area contributed by atoms with Gasteiger partial charge in [-0.2, -0.15) is 0 Å². The molecule has 0 spiro atoms. The fraction of sp³-hybridized carbons (Fsp3) is 0.538. The van der Waals surface area contributed by atoms with Gasteiger partial charge in [-0.05, 0) is 34.8 Å². The van der Waals surface area contributed by atoms with Crippen molar-refractivity contribution >= 4 is 34.2 Å². The van der Waals surface area contributed by atoms with E-state index in [0.29, 0.717) is 6.54 Å². The summed E-state index contributed by atoms with van der Waals surface area (Å²) in [5.41, 5.74) is 5.04. The van der Waals surface area contributed by atoms with Crippen molar-refractivity contribution in [2.24, 2.45) is 11.7 Å². The minimum Gasteiger partial charge on any atom is -0.348 e. The van der Waals surface area contributed by atoms with Gasteiger partial charge in [-0.15, -0.1) is 12.4 Å². The Morgan fingerprint density at radius 3 is 2.60 bits per heavy atom. The van der Waals surface area contributed by atoms with Gasteiger partial charge in [0.2, 0.25) is 5.91 Å². The van der Waals surface area contributed by atoms with Gasteiger partial charge in [0, 0.05) is 23.3 Å². The van der Waals surface area contributed by atoms with Crippen LogP contribution in [0.2, 0.25) is 0 Å². The summed E-state index contributed by atoms with van der Waals surface area (Å²) in [6.07, 6.45) is 1.59. The van der Waals surface area contributed by atoms with Crippen LogP contribution in [0, 0.1) is 5.92 Å². The molecular weight excluding hydrogens is 346 g/mol. The molecule has 1 heterocycles. The Morgan fingerprint density at radius 1 is 1.50 bits per heavy atom. The number of carbonyl (C=O) groups is 1. The van der Waals surface area contributed by atoms with E-state index in [0.717, 1.165) is 4.47 Å². The van der Waals surface area contributed by atoms with Crippen molar-refractivity contribution in [2.75, 3.05) is 6.54 Å². The van der Waals surface area contributed by atoms with E-state index in [1.165, 1.54) is 10.6 Å². The number of pyridine rings is 1. The molecule has 1 unspecified atom stereocenters. The van der Waals surface area contributed by atoms with E-state index in [-0.39, 0.29) is 36.3 Å². The molecule has 1 amide bonds. The van der Waals surface area contributed by atoms with Crippen LogP contribution < -0.4 is 16.6 Å². The Morgan fingerprint density at radius 2 is 2.10 bits per heavy atom. The van der Waals surface area contributed by atoms with Crippen molar-refractivity contribution in [3.63, 3.8) is 0 Å². The lowest BCUT2D eigenvalue weighted by Gasteiger charge is -2.33. The third kappa shape index (κ3) is 4.92. The van der Waals surface area contributed by atoms with Crippen LogP contribution in [0.1, 0.15) is 20.8 Å². The standard InChI is InChI=1S/C13H20BrN3O2.ClH/c1-9(2)13(3,8-15)16-11(18)7-17-6-10(14)4-5-12(17)19;/h4-6,9H,7-8,15H2,1-3H3,(H,16,18);1H. The first-order chi connectivity index (χ1) is 8.78. The van der Waals surface area contributed by atoms with Crippen LogP contribution in [0.4, 0.5) is 0 Å². The zero-order chi connectivity index (χ0) is 14.6. The van der Waals surface area contributed by atoms with E-state index in [1.807, 2.05) is 20.8 Å². The smallest absolute Gasteiger partial charge is 0.251 e. The Balaban J connectivity index is 0.00000361. The molecule has 0 saturated carbocycles. The fourth-order valence-electron chi connectivity index (χ4n) is 1.57. The lowest BCUT2D eigenvalue weighted by molar-refractivity contribution is -0.123. The first-order valence-corrected chi connectivity index (χ1v) is 6.95. The molecule has 0 bridgehead atoms. The summed E-state index contributed by atoms with van der Waals surface area (Å²) < 4.78 is 2.11. The third-order valence-corrected chi connectivity index (χ3v) is 3.85. The zero-order valence-corrected chi connectivity index (χ0v) is 14.3. The van der Waals surface area contributed by atoms with Crippen molar-refractivity contribution in [2.45, 2.75) is 32.9 Å². The van der Waals surface area contributed by atoms with Crippen LogP contribution in [-0.4, -0.2) is 22.6 Å². The zero-order valence-electron chi connectivity index (χ0n) is 11.9. The number of rotatable bonds is 5. The molecular formula is C13H21BrClN3O2. The largest absolute Gasteiger partial charge is 0.348 e. The molecule has 7 heteroatoms. The number of amides is 1. The van der Waals surface area contributed by atoms with Crippen molar-refractivity contribution in [1.29, 1.82) is 0 Å². The predicted octanol–water partition coefficient (Wildman–Crippen LogP) is 1.52. The van der Waals surface area contributed by atoms with E-state index < -0.39 is 5.54 Å². The van der Waals surface area contributed by atoms with Crippen LogP contribution in [0.5, 0.6) is 0 Å². The lowest BCUT2D eigenvalue weighted by atomic mass is 9.88. The Hall–Kier alpha value is -0.850. The first-order valence-electron chi connectivity index (χ1n) is 6.15. The molecule has 20 heavy (non-hydrogen) atoms. The molecule has 1 atom stereocenters. The fourth-order valence-corrected chi connectivity index (χ4v) is 1.95. The van der Waals surface area contributed by atoms with Gasteiger partial charge in [0.15, 0.2) is 0 Å². The maximum atomic E-state index is 12.0. The molecule has 1 aromatic heterocycles. The summed E-state index contributed by atoms with van der Waals surface area (Å²) in [5.74, 6) is -0.0115. The SMILES string of the molecule is CC(C)C(C)(CN)NC(=O)Cn1cc(Br)ccc1=O.Cl. The second kappa shape index (κ2) is 7.81. The molecule has 0 aromatic carbocycles. The van der Waals surface area contributed by atoms with Crippen molar-refractivity contribution in [1.82, 2.24) is 9.88 Å². The summed E-state index contributed by atoms with van der Waals surface area (Å²) in [7, 11) is 0. The number of halogens is 2. The lowest BCUT2D eigenvalue weighted by Crippen LogP contribution is -2.56. The second-order valence-electron chi connectivity index (χ2n) is 5.14. The molecule has 114 valence electrons. The maximum absolute atomic E-state index is 12.0. The van der Waals surface area contributed by atoms with Gasteiger partial charge < -0.3 is 15.6 Å². The first kappa shape index (κ1) is 19.1. The van der Waals surface area contributed by atoms with E-state index in [1.54, 1.807) is 12.3 Å². The third-order valence-electron chi connectivity index (χ3n) is 3.38. The van der Waals surface area contributed by atoms with Gasteiger partial charge in [-0.3, -0.25) is 9.59 Å². The predicted molar refractivity (Wildman–Crippen MR) is 86.1 cm³/mol. The highest BCUT2D eigenvalue weighted by Gasteiger charge is 2.28. The van der Waals surface area contributed by atoms with E-state index in [2.05, 4.69) is 21.2 Å². The Labute approximate surface area is 133 Å². The molecule has 0 radical (unpaired) electrons. The average molecular weight is 367 g/mol. The van der Waals surface area contributed by atoms with Gasteiger partial charge in [0.25, 0.3) is 5.56 Å². The van der Waals surface area contributed by atoms with Gasteiger partial charge in [0.05, 0.1) is 5.54 Å². The monoisotopic (exact) mass is 365 g/mol. The van der Waals surface area contributed by atoms with Crippen LogP contribution in [0.25, 0.3) is 0 Å². The molecule has 0 saturated heterocycles. The van der Waals surface area contributed by atoms with Gasteiger partial charge in [0.1, 0.15) is 6.54 Å². The second-order valence-corrected chi connectivity index (χ2v) is 6.05. The normalized spacial score (nSPS) is 13.5. The van der Waals surface area contributed by atoms with Crippen molar-refractivity contribution in [3.05, 3.63) is 33.2 Å². The topological polar surface area (TPSA) is 77.1 Å². The quantitative estimate of drug-likeness (QED) is 0.829. The van der Waals surface area contributed by atoms with Crippen molar-refractivity contribution < 1.29 is 4.79 Å². The molecule has 5 nitrogen and oxygen atoms in total. The molecule has 0 aliphatic heterocycles. The number of hydrogen-bond acceptors (Lipinski definition) is 3. The molecule has 1 aromatic rings. The molecule has 0 fully saturated rings. The Kier molecular flexibility index (Phi) is 7.47. The number of nitrogens with one attached hydrogen (secondary N) is 1. The average Bonchev–Trinajstić information content (AvgIpc) is 2.33. The summed E-state index contributed by atoms with van der Waals surface area (Å²) >= 11 is 3.27. The van der Waals surface area contributed by atoms with Crippen LogP contribution in [-0.2, 0) is 11.3 Å². The number of nitrogens with zero attached hydrogens (tertiary/aromatic N) is 1. The van der Waals surface area contributed by atoms with Crippen LogP contribution in [0.3, 0.4) is 0 Å². The number of hydrogen-bond donors (Lipinski definition) is 2. The minimum atomic E-state index is -0.466. The summed E-state index contributed by atoms with van der Waals surface area (Å²) in [4.78, 5) is 23.6. The number of nitrogens with two attached hydrogens (primary N) is 1. The van der Waals surface area contributed by atoms with Gasteiger partial charge in [-0.1, -0.05) is 13.8 Å². The minimum absolute atomic E-state index is 0. The van der Waals surface area contributed by atoms with Crippen LogP contribution >= 0.6 is 28.3 Å². The summed E-state index contributed by atoms with van der Waals surface area (Å²) in [6.45, 7) is 6.24. The van der Waals surface area contributed by atoms with E-state index in [4.69, 9.17) is 5.73 Å².